The highest BCUT2D eigenvalue weighted by atomic mass is 16.1. The molecule has 0 atom stereocenters. The topological polar surface area (TPSA) is 101 Å². The minimum Gasteiger partial charge on any atom is -0.356 e. The lowest BCUT2D eigenvalue weighted by Crippen LogP contribution is -2.26. The van der Waals surface area contributed by atoms with E-state index in [1.807, 2.05) is 24.3 Å². The van der Waals surface area contributed by atoms with Gasteiger partial charge in [0.2, 0.25) is 5.91 Å². The number of para-hydroxylation sites is 2. The van der Waals surface area contributed by atoms with Gasteiger partial charge in [-0.1, -0.05) is 12.1 Å². The zero-order valence-corrected chi connectivity index (χ0v) is 11.4. The molecule has 21 heavy (non-hydrogen) atoms. The molecule has 2 aromatic heterocycles. The van der Waals surface area contributed by atoms with Crippen molar-refractivity contribution in [3.8, 4) is 0 Å². The van der Waals surface area contributed by atoms with Gasteiger partial charge in [-0.05, 0) is 22.6 Å². The summed E-state index contributed by atoms with van der Waals surface area (Å²) in [4.78, 5) is 19.4. The summed E-state index contributed by atoms with van der Waals surface area (Å²) < 4.78 is 1.53. The van der Waals surface area contributed by atoms with Gasteiger partial charge in [-0.15, -0.1) is 5.10 Å². The molecule has 1 amide bonds. The highest BCUT2D eigenvalue weighted by Gasteiger charge is 2.04. The number of aryl methyl sites for hydroxylation is 1. The summed E-state index contributed by atoms with van der Waals surface area (Å²) in [6, 6.07) is 7.86. The molecule has 1 aromatic carbocycles. The van der Waals surface area contributed by atoms with Crippen molar-refractivity contribution in [3.05, 3.63) is 36.4 Å². The molecule has 8 heteroatoms. The van der Waals surface area contributed by atoms with Gasteiger partial charge in [-0.3, -0.25) is 4.79 Å². The van der Waals surface area contributed by atoms with Crippen molar-refractivity contribution < 1.29 is 4.79 Å². The fraction of sp³-hybridized carbons (Fsp3) is 0.308. The molecule has 0 radical (unpaired) electrons. The molecule has 108 valence electrons. The lowest BCUT2D eigenvalue weighted by molar-refractivity contribution is -0.121. The third kappa shape index (κ3) is 3.41. The van der Waals surface area contributed by atoms with Crippen LogP contribution in [0.3, 0.4) is 0 Å². The normalized spacial score (nSPS) is 10.9. The van der Waals surface area contributed by atoms with E-state index in [9.17, 15) is 4.79 Å². The first-order valence-corrected chi connectivity index (χ1v) is 6.72. The summed E-state index contributed by atoms with van der Waals surface area (Å²) in [6.07, 6.45) is 2.51. The largest absolute Gasteiger partial charge is 0.356 e. The highest BCUT2D eigenvalue weighted by Crippen LogP contribution is 2.10. The minimum atomic E-state index is -0.0263. The SMILES string of the molecule is O=C(CCn1cnnn1)NCCc1nc2ccccc2[nH]1. The Bertz CT molecular complexity index is 686. The quantitative estimate of drug-likeness (QED) is 0.678. The molecular formula is C13H15N7O. The van der Waals surface area contributed by atoms with E-state index >= 15 is 0 Å². The van der Waals surface area contributed by atoms with Crippen LogP contribution in [0.1, 0.15) is 12.2 Å². The molecule has 0 aliphatic carbocycles. The van der Waals surface area contributed by atoms with Crippen LogP contribution in [-0.2, 0) is 17.8 Å². The van der Waals surface area contributed by atoms with Gasteiger partial charge in [0.1, 0.15) is 12.2 Å². The number of carbonyl (C=O) groups is 1. The van der Waals surface area contributed by atoms with Crippen LogP contribution in [0.15, 0.2) is 30.6 Å². The van der Waals surface area contributed by atoms with Crippen LogP contribution in [0.4, 0.5) is 0 Å². The van der Waals surface area contributed by atoms with Crippen molar-refractivity contribution >= 4 is 16.9 Å². The van der Waals surface area contributed by atoms with E-state index in [1.165, 1.54) is 11.0 Å². The van der Waals surface area contributed by atoms with E-state index in [0.29, 0.717) is 25.9 Å². The second kappa shape index (κ2) is 6.12. The van der Waals surface area contributed by atoms with Gasteiger partial charge in [0.15, 0.2) is 0 Å². The summed E-state index contributed by atoms with van der Waals surface area (Å²) in [7, 11) is 0. The molecule has 3 aromatic rings. The molecule has 0 fully saturated rings. The van der Waals surface area contributed by atoms with Gasteiger partial charge in [-0.25, -0.2) is 9.67 Å². The first-order valence-electron chi connectivity index (χ1n) is 6.72. The molecular weight excluding hydrogens is 270 g/mol. The van der Waals surface area contributed by atoms with Crippen molar-refractivity contribution in [1.82, 2.24) is 35.5 Å². The summed E-state index contributed by atoms with van der Waals surface area (Å²) in [5.74, 6) is 0.846. The van der Waals surface area contributed by atoms with Gasteiger partial charge in [0.25, 0.3) is 0 Å². The van der Waals surface area contributed by atoms with Gasteiger partial charge in [0.05, 0.1) is 17.6 Å². The Morgan fingerprint density at radius 3 is 3.05 bits per heavy atom. The summed E-state index contributed by atoms with van der Waals surface area (Å²) in [6.45, 7) is 1.03. The van der Waals surface area contributed by atoms with Gasteiger partial charge in [0, 0.05) is 19.4 Å². The van der Waals surface area contributed by atoms with Crippen LogP contribution < -0.4 is 5.32 Å². The number of hydrogen-bond donors (Lipinski definition) is 2. The Morgan fingerprint density at radius 2 is 2.24 bits per heavy atom. The van der Waals surface area contributed by atoms with Crippen molar-refractivity contribution in [2.75, 3.05) is 6.54 Å². The number of hydrogen-bond acceptors (Lipinski definition) is 5. The van der Waals surface area contributed by atoms with Crippen LogP contribution in [0.5, 0.6) is 0 Å². The number of aromatic amines is 1. The number of benzene rings is 1. The third-order valence-electron chi connectivity index (χ3n) is 3.08. The number of imidazole rings is 1. The second-order valence-electron chi connectivity index (χ2n) is 4.62. The molecule has 0 saturated heterocycles. The average Bonchev–Trinajstić information content (AvgIpc) is 3.14. The van der Waals surface area contributed by atoms with E-state index in [1.54, 1.807) is 0 Å². The Kier molecular flexibility index (Phi) is 3.85. The first-order chi connectivity index (χ1) is 10.3. The molecule has 0 spiro atoms. The average molecular weight is 285 g/mol. The molecule has 0 unspecified atom stereocenters. The van der Waals surface area contributed by atoms with Crippen LogP contribution in [0.25, 0.3) is 11.0 Å². The Labute approximate surface area is 120 Å². The molecule has 8 nitrogen and oxygen atoms in total. The number of carbonyl (C=O) groups excluding carboxylic acids is 1. The maximum absolute atomic E-state index is 11.7. The Balaban J connectivity index is 1.44. The predicted molar refractivity (Wildman–Crippen MR) is 75.2 cm³/mol. The standard InChI is InChI=1S/C13H15N7O/c21-13(6-8-20-9-15-18-19-20)14-7-5-12-16-10-3-1-2-4-11(10)17-12/h1-4,9H,5-8H2,(H,14,21)(H,16,17). The number of amides is 1. The maximum Gasteiger partial charge on any atom is 0.221 e. The molecule has 3 rings (SSSR count). The maximum atomic E-state index is 11.7. The molecule has 2 N–H and O–H groups in total. The zero-order chi connectivity index (χ0) is 14.5. The number of fused-ring (bicyclic) bond motifs is 1. The fourth-order valence-electron chi connectivity index (χ4n) is 2.03. The first kappa shape index (κ1) is 13.2. The van der Waals surface area contributed by atoms with Crippen LogP contribution >= 0.6 is 0 Å². The molecule has 2 heterocycles. The van der Waals surface area contributed by atoms with E-state index in [0.717, 1.165) is 16.9 Å². The third-order valence-corrected chi connectivity index (χ3v) is 3.08. The van der Waals surface area contributed by atoms with Crippen LogP contribution in [0.2, 0.25) is 0 Å². The van der Waals surface area contributed by atoms with Crippen molar-refractivity contribution in [2.45, 2.75) is 19.4 Å². The van der Waals surface area contributed by atoms with Gasteiger partial charge < -0.3 is 10.3 Å². The number of rotatable bonds is 6. The smallest absolute Gasteiger partial charge is 0.221 e. The monoisotopic (exact) mass is 285 g/mol. The van der Waals surface area contributed by atoms with E-state index in [2.05, 4.69) is 30.8 Å². The van der Waals surface area contributed by atoms with Crippen molar-refractivity contribution in [3.63, 3.8) is 0 Å². The Morgan fingerprint density at radius 1 is 1.33 bits per heavy atom. The molecule has 0 aliphatic rings. The lowest BCUT2D eigenvalue weighted by atomic mass is 10.3. The fourth-order valence-corrected chi connectivity index (χ4v) is 2.03. The summed E-state index contributed by atoms with van der Waals surface area (Å²) in [5.41, 5.74) is 1.95. The Hall–Kier alpha value is -2.77. The molecule has 0 bridgehead atoms. The summed E-state index contributed by atoms with van der Waals surface area (Å²) >= 11 is 0. The number of aromatic nitrogens is 6. The van der Waals surface area contributed by atoms with Crippen LogP contribution in [-0.4, -0.2) is 42.6 Å². The number of H-pyrrole nitrogens is 1. The van der Waals surface area contributed by atoms with Crippen LogP contribution in [0, 0.1) is 0 Å². The second-order valence-corrected chi connectivity index (χ2v) is 4.62. The number of tetrazole rings is 1. The van der Waals surface area contributed by atoms with Crippen molar-refractivity contribution in [2.24, 2.45) is 0 Å². The minimum absolute atomic E-state index is 0.0263. The highest BCUT2D eigenvalue weighted by molar-refractivity contribution is 5.76. The van der Waals surface area contributed by atoms with E-state index in [-0.39, 0.29) is 5.91 Å². The van der Waals surface area contributed by atoms with Crippen molar-refractivity contribution in [1.29, 1.82) is 0 Å². The lowest BCUT2D eigenvalue weighted by Gasteiger charge is -2.03. The van der Waals surface area contributed by atoms with Gasteiger partial charge in [-0.2, -0.15) is 0 Å². The molecule has 0 saturated carbocycles. The molecule has 0 aliphatic heterocycles. The number of nitrogens with zero attached hydrogens (tertiary/aromatic N) is 5. The van der Waals surface area contributed by atoms with E-state index < -0.39 is 0 Å². The predicted octanol–water partition coefficient (Wildman–Crippen LogP) is 0.298. The number of nitrogens with one attached hydrogen (secondary N) is 2. The van der Waals surface area contributed by atoms with Gasteiger partial charge >= 0.3 is 0 Å². The zero-order valence-electron chi connectivity index (χ0n) is 11.4. The summed E-state index contributed by atoms with van der Waals surface area (Å²) in [5, 5.41) is 13.6. The van der Waals surface area contributed by atoms with E-state index in [4.69, 9.17) is 0 Å².